The summed E-state index contributed by atoms with van der Waals surface area (Å²) in [7, 11) is 0. The Morgan fingerprint density at radius 1 is 0.833 bits per heavy atom. The first kappa shape index (κ1) is 15.3. The van der Waals surface area contributed by atoms with Crippen LogP contribution in [-0.2, 0) is 17.9 Å². The van der Waals surface area contributed by atoms with Crippen molar-refractivity contribution in [3.63, 3.8) is 0 Å². The second-order valence-electron chi connectivity index (χ2n) is 4.60. The van der Waals surface area contributed by atoms with E-state index in [0.717, 1.165) is 0 Å². The average molecular weight is 435 g/mol. The van der Waals surface area contributed by atoms with E-state index in [1.54, 1.807) is 4.40 Å². The van der Waals surface area contributed by atoms with Gasteiger partial charge in [0, 0.05) is 0 Å². The van der Waals surface area contributed by atoms with Crippen LogP contribution < -0.4 is 0 Å². The molecule has 0 heterocycles. The molecule has 0 unspecified atom stereocenters. The summed E-state index contributed by atoms with van der Waals surface area (Å²) in [6.45, 7) is 5.59. The molecule has 0 saturated heterocycles. The molecule has 1 nitrogen and oxygen atoms in total. The van der Waals surface area contributed by atoms with Gasteiger partial charge in [0.05, 0.1) is 0 Å². The average Bonchev–Trinajstić information content (AvgIpc) is 2.27. The van der Waals surface area contributed by atoms with E-state index in [0.29, 0.717) is 0 Å². The van der Waals surface area contributed by atoms with E-state index in [4.69, 9.17) is 0 Å². The maximum absolute atomic E-state index is 13.2. The Hall–Kier alpha value is -0.772. The van der Waals surface area contributed by atoms with Gasteiger partial charge in [-0.25, -0.2) is 0 Å². The molecule has 7 heteroatoms. The number of hydrogen-bond acceptors (Lipinski definition) is 1. The number of hydrogen-bond donors (Lipinski definition) is 0. The SMILES string of the molecule is CC(C)(C)[CH]=[W]=[N]c1c(F)c(F)c(F)c(F)c1F. The third kappa shape index (κ3) is 3.37. The van der Waals surface area contributed by atoms with Gasteiger partial charge in [0.25, 0.3) is 0 Å². The molecule has 1 rings (SSSR count). The van der Waals surface area contributed by atoms with Gasteiger partial charge in [0.2, 0.25) is 0 Å². The normalized spacial score (nSPS) is 11.3. The van der Waals surface area contributed by atoms with E-state index in [-0.39, 0.29) is 5.41 Å². The van der Waals surface area contributed by atoms with E-state index < -0.39 is 52.7 Å². The molecule has 0 N–H and O–H groups in total. The zero-order valence-corrected chi connectivity index (χ0v) is 12.8. The fourth-order valence-electron chi connectivity index (χ4n) is 0.911. The second kappa shape index (κ2) is 5.47. The van der Waals surface area contributed by atoms with Gasteiger partial charge >= 0.3 is 109 Å². The Morgan fingerprint density at radius 3 is 1.61 bits per heavy atom. The molecule has 0 fully saturated rings. The minimum atomic E-state index is -2.16. The van der Waals surface area contributed by atoms with Gasteiger partial charge in [-0.1, -0.05) is 0 Å². The summed E-state index contributed by atoms with van der Waals surface area (Å²) >= 11 is -1.67. The molecule has 0 aliphatic rings. The molecule has 1 aromatic carbocycles. The van der Waals surface area contributed by atoms with Crippen LogP contribution in [0.4, 0.5) is 27.6 Å². The summed E-state index contributed by atoms with van der Waals surface area (Å²) in [6, 6.07) is 0. The summed E-state index contributed by atoms with van der Waals surface area (Å²) in [4.78, 5) is 0. The van der Waals surface area contributed by atoms with Gasteiger partial charge < -0.3 is 0 Å². The Kier molecular flexibility index (Phi) is 4.65. The fourth-order valence-corrected chi connectivity index (χ4v) is 3.19. The standard InChI is InChI=1S/C6F5N.C5H10.W/c7-1-2(8)4(10)6(12)5(11)3(1)9;1-5(2,3)4;/h;1H,2-4H3;. The minimum absolute atomic E-state index is 0.196. The van der Waals surface area contributed by atoms with Crippen LogP contribution in [0.15, 0.2) is 3.50 Å². The molecule has 100 valence electrons. The number of halogens is 5. The molecule has 0 radical (unpaired) electrons. The molecule has 18 heavy (non-hydrogen) atoms. The predicted molar refractivity (Wildman–Crippen MR) is 53.8 cm³/mol. The second-order valence-corrected chi connectivity index (χ2v) is 6.86. The predicted octanol–water partition coefficient (Wildman–Crippen LogP) is 4.13. The van der Waals surface area contributed by atoms with Gasteiger partial charge in [-0.05, 0) is 0 Å². The van der Waals surface area contributed by atoms with E-state index in [9.17, 15) is 22.0 Å². The van der Waals surface area contributed by atoms with Crippen LogP contribution >= 0.6 is 0 Å². The third-order valence-electron chi connectivity index (χ3n) is 1.74. The van der Waals surface area contributed by atoms with Crippen LogP contribution in [0.5, 0.6) is 0 Å². The summed E-state index contributed by atoms with van der Waals surface area (Å²) in [6.07, 6.45) is 0. The Bertz CT molecular complexity index is 512. The van der Waals surface area contributed by atoms with Crippen LogP contribution in [0.25, 0.3) is 0 Å². The summed E-state index contributed by atoms with van der Waals surface area (Å²) in [5.74, 6) is -9.81. The zero-order chi connectivity index (χ0) is 14.1. The maximum atomic E-state index is 13.2. The third-order valence-corrected chi connectivity index (χ3v) is 5.69. The molecular weight excluding hydrogens is 425 g/mol. The van der Waals surface area contributed by atoms with Crippen LogP contribution in [-0.4, -0.2) is 4.40 Å². The van der Waals surface area contributed by atoms with Crippen molar-refractivity contribution < 1.29 is 39.9 Å². The van der Waals surface area contributed by atoms with Crippen LogP contribution in [0.2, 0.25) is 0 Å². The molecule has 0 aliphatic carbocycles. The number of rotatable bonds is 1. The van der Waals surface area contributed by atoms with Gasteiger partial charge in [-0.2, -0.15) is 0 Å². The molecule has 0 aromatic heterocycles. The summed E-state index contributed by atoms with van der Waals surface area (Å²) in [5, 5.41) is 0. The molecule has 0 saturated carbocycles. The van der Waals surface area contributed by atoms with Crippen molar-refractivity contribution in [3.05, 3.63) is 29.1 Å². The van der Waals surface area contributed by atoms with E-state index in [1.807, 2.05) is 20.8 Å². The first-order chi connectivity index (χ1) is 8.15. The Morgan fingerprint density at radius 2 is 1.22 bits per heavy atom. The topological polar surface area (TPSA) is 12.4 Å². The van der Waals surface area contributed by atoms with Crippen molar-refractivity contribution in [2.75, 3.05) is 0 Å². The molecular formula is C11H10F5NW. The zero-order valence-electron chi connectivity index (χ0n) is 9.82. The van der Waals surface area contributed by atoms with Crippen LogP contribution in [0.3, 0.4) is 0 Å². The van der Waals surface area contributed by atoms with E-state index in [2.05, 4.69) is 3.50 Å². The van der Waals surface area contributed by atoms with Crippen molar-refractivity contribution in [2.24, 2.45) is 8.91 Å². The first-order valence-corrected chi connectivity index (χ1v) is 7.88. The van der Waals surface area contributed by atoms with E-state index in [1.165, 1.54) is 0 Å². The van der Waals surface area contributed by atoms with Gasteiger partial charge in [-0.15, -0.1) is 0 Å². The Labute approximate surface area is 109 Å². The molecule has 0 aliphatic heterocycles. The monoisotopic (exact) mass is 435 g/mol. The fraction of sp³-hybridized carbons (Fsp3) is 0.364. The van der Waals surface area contributed by atoms with Crippen molar-refractivity contribution in [3.8, 4) is 0 Å². The van der Waals surface area contributed by atoms with Crippen molar-refractivity contribution >= 4 is 10.1 Å². The summed E-state index contributed by atoms with van der Waals surface area (Å²) < 4.78 is 70.2. The Balaban J connectivity index is 3.40. The molecule has 0 atom stereocenters. The van der Waals surface area contributed by atoms with Crippen LogP contribution in [0, 0.1) is 34.5 Å². The summed E-state index contributed by atoms with van der Waals surface area (Å²) in [5.41, 5.74) is -1.25. The van der Waals surface area contributed by atoms with Crippen molar-refractivity contribution in [2.45, 2.75) is 20.8 Å². The number of nitrogens with zero attached hydrogens (tertiary/aromatic N) is 1. The molecule has 1 aromatic rings. The molecule has 0 spiro atoms. The number of benzene rings is 1. The van der Waals surface area contributed by atoms with Gasteiger partial charge in [0.15, 0.2) is 0 Å². The first-order valence-electron chi connectivity index (χ1n) is 4.88. The quantitative estimate of drug-likeness (QED) is 0.358. The molecule has 0 bridgehead atoms. The van der Waals surface area contributed by atoms with Crippen LogP contribution in [0.1, 0.15) is 20.8 Å². The molecule has 0 amide bonds. The van der Waals surface area contributed by atoms with Crippen molar-refractivity contribution in [1.82, 2.24) is 0 Å². The van der Waals surface area contributed by atoms with Gasteiger partial charge in [0.1, 0.15) is 0 Å². The van der Waals surface area contributed by atoms with Gasteiger partial charge in [-0.3, -0.25) is 0 Å². The van der Waals surface area contributed by atoms with Crippen molar-refractivity contribution in [1.29, 1.82) is 0 Å². The van der Waals surface area contributed by atoms with E-state index >= 15 is 0 Å².